The van der Waals surface area contributed by atoms with Crippen LogP contribution in [0.4, 0.5) is 21.7 Å². The van der Waals surface area contributed by atoms with Crippen LogP contribution in [0.25, 0.3) is 10.9 Å². The Morgan fingerprint density at radius 1 is 1.10 bits per heavy atom. The van der Waals surface area contributed by atoms with Gasteiger partial charge < -0.3 is 35.2 Å². The van der Waals surface area contributed by atoms with Gasteiger partial charge in [0.15, 0.2) is 17.3 Å². The average molecular weight is 590 g/mol. The highest BCUT2D eigenvalue weighted by molar-refractivity contribution is 7.46. The minimum atomic E-state index is -4.46. The lowest BCUT2D eigenvalue weighted by molar-refractivity contribution is -0.115. The minimum absolute atomic E-state index is 0.000926. The van der Waals surface area contributed by atoms with Crippen molar-refractivity contribution in [1.82, 2.24) is 25.5 Å². The molecule has 14 nitrogen and oxygen atoms in total. The fraction of sp³-hybridized carbons (Fsp3) is 0.280. The first kappa shape index (κ1) is 29.8. The number of nitrogens with zero attached hydrogens (tertiary/aromatic N) is 3. The number of H-pyrrole nitrogens is 1. The van der Waals surface area contributed by atoms with E-state index < -0.39 is 13.6 Å². The van der Waals surface area contributed by atoms with Crippen molar-refractivity contribution in [1.29, 1.82) is 0 Å². The monoisotopic (exact) mass is 589 g/mol. The molecule has 0 atom stereocenters. The predicted molar refractivity (Wildman–Crippen MR) is 148 cm³/mol. The maximum absolute atomic E-state index is 13.4. The number of phosphoric ester groups is 1. The summed E-state index contributed by atoms with van der Waals surface area (Å²) in [6.07, 6.45) is 2.01. The Balaban J connectivity index is 1.33. The van der Waals surface area contributed by atoms with Gasteiger partial charge in [-0.15, -0.1) is 0 Å². The number of amides is 1. The van der Waals surface area contributed by atoms with Gasteiger partial charge in [0, 0.05) is 35.4 Å². The second-order valence-electron chi connectivity index (χ2n) is 8.66. The molecule has 2 aromatic carbocycles. The van der Waals surface area contributed by atoms with Crippen LogP contribution in [0.2, 0.25) is 0 Å². The van der Waals surface area contributed by atoms with Crippen molar-refractivity contribution in [2.45, 2.75) is 12.8 Å². The van der Waals surface area contributed by atoms with Gasteiger partial charge in [0.25, 0.3) is 0 Å². The van der Waals surface area contributed by atoms with Crippen molar-refractivity contribution in [3.8, 4) is 11.5 Å². The Morgan fingerprint density at radius 2 is 1.95 bits per heavy atom. The molecule has 2 heterocycles. The third-order valence-corrected chi connectivity index (χ3v) is 6.07. The van der Waals surface area contributed by atoms with Crippen molar-refractivity contribution in [2.24, 2.45) is 0 Å². The molecular formula is C25H29FN7O7P. The van der Waals surface area contributed by atoms with Crippen LogP contribution in [0.1, 0.15) is 12.1 Å². The number of aromatic amines is 1. The van der Waals surface area contributed by atoms with Crippen molar-refractivity contribution in [3.05, 3.63) is 60.3 Å². The van der Waals surface area contributed by atoms with Gasteiger partial charge in [-0.05, 0) is 37.2 Å². The first-order valence-corrected chi connectivity index (χ1v) is 14.0. The van der Waals surface area contributed by atoms with Gasteiger partial charge in [-0.2, -0.15) is 5.10 Å². The number of halogens is 1. The normalized spacial score (nSPS) is 11.4. The van der Waals surface area contributed by atoms with Gasteiger partial charge in [0.1, 0.15) is 18.0 Å². The number of aromatic nitrogens is 4. The summed E-state index contributed by atoms with van der Waals surface area (Å²) in [4.78, 5) is 38.3. The Hall–Kier alpha value is -4.14. The van der Waals surface area contributed by atoms with E-state index in [-0.39, 0.29) is 25.5 Å². The Labute approximate surface area is 233 Å². The average Bonchev–Trinajstić information content (AvgIpc) is 3.35. The maximum atomic E-state index is 13.4. The highest BCUT2D eigenvalue weighted by Crippen LogP contribution is 2.35. The molecule has 41 heavy (non-hydrogen) atoms. The molecule has 0 aliphatic rings. The third kappa shape index (κ3) is 9.20. The van der Waals surface area contributed by atoms with E-state index in [4.69, 9.17) is 19.3 Å². The zero-order valence-electron chi connectivity index (χ0n) is 22.0. The molecule has 0 unspecified atom stereocenters. The summed E-state index contributed by atoms with van der Waals surface area (Å²) >= 11 is 0. The molecule has 4 rings (SSSR count). The number of methoxy groups -OCH3 is 1. The van der Waals surface area contributed by atoms with Crippen molar-refractivity contribution in [2.75, 3.05) is 44.0 Å². The smallest absolute Gasteiger partial charge is 0.469 e. The molecule has 0 bridgehead atoms. The highest BCUT2D eigenvalue weighted by Gasteiger charge is 2.14. The number of carbonyl (C=O) groups is 1. The topological polar surface area (TPSA) is 193 Å². The van der Waals surface area contributed by atoms with E-state index in [2.05, 4.69) is 40.6 Å². The molecule has 6 N–H and O–H groups in total. The highest BCUT2D eigenvalue weighted by atomic mass is 31.2. The molecule has 16 heteroatoms. The number of phosphoric acid groups is 1. The zero-order chi connectivity index (χ0) is 29.2. The fourth-order valence-electron chi connectivity index (χ4n) is 3.76. The molecule has 1 amide bonds. The number of nitrogens with one attached hydrogen (secondary N) is 4. The Kier molecular flexibility index (Phi) is 10.2. The number of hydrogen-bond donors (Lipinski definition) is 6. The van der Waals surface area contributed by atoms with Crippen LogP contribution in [0, 0.1) is 5.82 Å². The standard InChI is InChI=1S/C25H29FN7O7P/c1-38-21-13-19-20(14-22(21)39-8-3-6-27-7-9-40-41(35,36)37)28-15-29-25(19)31-23-11-18(32-33-23)12-24(34)30-17-5-2-4-16(26)10-17/h2,4-5,10-11,13-15,27H,3,6-9,12H2,1H3,(H,30,34)(H2,35,36,37)(H2,28,29,31,32,33). The molecule has 0 aliphatic heterocycles. The first-order chi connectivity index (χ1) is 19.7. The number of anilines is 3. The van der Waals surface area contributed by atoms with Crippen LogP contribution in [0.3, 0.4) is 0 Å². The molecule has 0 radical (unpaired) electrons. The zero-order valence-corrected chi connectivity index (χ0v) is 22.9. The second-order valence-corrected chi connectivity index (χ2v) is 9.90. The van der Waals surface area contributed by atoms with Crippen LogP contribution in [0.5, 0.6) is 11.5 Å². The molecular weight excluding hydrogens is 560 g/mol. The molecule has 0 saturated carbocycles. The van der Waals surface area contributed by atoms with Crippen molar-refractivity contribution < 1.29 is 37.5 Å². The van der Waals surface area contributed by atoms with Gasteiger partial charge in [0.05, 0.1) is 32.3 Å². The van der Waals surface area contributed by atoms with Gasteiger partial charge in [-0.3, -0.25) is 14.4 Å². The molecule has 0 aliphatic carbocycles. The molecule has 218 valence electrons. The van der Waals surface area contributed by atoms with E-state index in [0.29, 0.717) is 65.0 Å². The van der Waals surface area contributed by atoms with Crippen LogP contribution in [-0.2, 0) is 20.3 Å². The van der Waals surface area contributed by atoms with Gasteiger partial charge >= 0.3 is 7.82 Å². The Bertz CT molecular complexity index is 1530. The van der Waals surface area contributed by atoms with Gasteiger partial charge in [0.2, 0.25) is 5.91 Å². The molecule has 0 saturated heterocycles. The first-order valence-electron chi connectivity index (χ1n) is 12.4. The summed E-state index contributed by atoms with van der Waals surface area (Å²) in [5.41, 5.74) is 1.49. The third-order valence-electron chi connectivity index (χ3n) is 5.55. The van der Waals surface area contributed by atoms with Crippen LogP contribution in [-0.4, -0.2) is 69.3 Å². The summed E-state index contributed by atoms with van der Waals surface area (Å²) in [6.45, 7) is 1.09. The predicted octanol–water partition coefficient (Wildman–Crippen LogP) is 2.89. The van der Waals surface area contributed by atoms with E-state index in [1.54, 1.807) is 24.3 Å². The summed E-state index contributed by atoms with van der Waals surface area (Å²) in [7, 11) is -2.94. The number of benzene rings is 2. The molecule has 0 fully saturated rings. The second kappa shape index (κ2) is 14.0. The van der Waals surface area contributed by atoms with E-state index in [1.807, 2.05) is 0 Å². The number of rotatable bonds is 15. The van der Waals surface area contributed by atoms with E-state index in [9.17, 15) is 13.8 Å². The number of fused-ring (bicyclic) bond motifs is 1. The lowest BCUT2D eigenvalue weighted by Gasteiger charge is -2.13. The lowest BCUT2D eigenvalue weighted by Crippen LogP contribution is -2.21. The summed E-state index contributed by atoms with van der Waals surface area (Å²) in [6, 6.07) is 10.8. The van der Waals surface area contributed by atoms with E-state index in [1.165, 1.54) is 31.6 Å². The number of carbonyl (C=O) groups excluding carboxylic acids is 1. The molecule has 2 aromatic heterocycles. The maximum Gasteiger partial charge on any atom is 0.469 e. The summed E-state index contributed by atoms with van der Waals surface area (Å²) in [5, 5.41) is 16.4. The molecule has 0 spiro atoms. The SMILES string of the molecule is COc1cc2c(Nc3cc(CC(=O)Nc4cccc(F)c4)[nH]n3)ncnc2cc1OCCCNCCOP(=O)(O)O. The fourth-order valence-corrected chi connectivity index (χ4v) is 4.09. The summed E-state index contributed by atoms with van der Waals surface area (Å²) < 4.78 is 39.8. The number of ether oxygens (including phenoxy) is 2. The van der Waals surface area contributed by atoms with Gasteiger partial charge in [-0.25, -0.2) is 18.9 Å². The van der Waals surface area contributed by atoms with Crippen LogP contribution < -0.4 is 25.4 Å². The minimum Gasteiger partial charge on any atom is -0.493 e. The largest absolute Gasteiger partial charge is 0.493 e. The number of hydrogen-bond acceptors (Lipinski definition) is 10. The van der Waals surface area contributed by atoms with Gasteiger partial charge in [-0.1, -0.05) is 6.07 Å². The summed E-state index contributed by atoms with van der Waals surface area (Å²) in [5.74, 6) is 1.07. The van der Waals surface area contributed by atoms with E-state index >= 15 is 0 Å². The lowest BCUT2D eigenvalue weighted by atomic mass is 10.2. The Morgan fingerprint density at radius 3 is 2.73 bits per heavy atom. The van der Waals surface area contributed by atoms with Crippen LogP contribution >= 0.6 is 7.82 Å². The van der Waals surface area contributed by atoms with Crippen molar-refractivity contribution >= 4 is 42.0 Å². The molecule has 4 aromatic rings. The van der Waals surface area contributed by atoms with Crippen LogP contribution in [0.15, 0.2) is 48.8 Å². The quantitative estimate of drug-likeness (QED) is 0.0879. The van der Waals surface area contributed by atoms with E-state index in [0.717, 1.165) is 0 Å². The van der Waals surface area contributed by atoms with Crippen molar-refractivity contribution in [3.63, 3.8) is 0 Å².